The maximum atomic E-state index is 9.67. The molecule has 2 fully saturated rings. The van der Waals surface area contributed by atoms with Crippen molar-refractivity contribution >= 4 is 0 Å². The van der Waals surface area contributed by atoms with E-state index in [2.05, 4.69) is 19.2 Å². The van der Waals surface area contributed by atoms with Gasteiger partial charge in [0.25, 0.3) is 0 Å². The van der Waals surface area contributed by atoms with Gasteiger partial charge in [0.2, 0.25) is 0 Å². The lowest BCUT2D eigenvalue weighted by Gasteiger charge is -2.37. The molecule has 2 saturated carbocycles. The molecule has 0 radical (unpaired) electrons. The van der Waals surface area contributed by atoms with Gasteiger partial charge in [-0.1, -0.05) is 26.7 Å². The molecule has 0 bridgehead atoms. The fourth-order valence-electron chi connectivity index (χ4n) is 3.65. The van der Waals surface area contributed by atoms with E-state index in [-0.39, 0.29) is 6.10 Å². The summed E-state index contributed by atoms with van der Waals surface area (Å²) in [5.41, 5.74) is 0.530. The second-order valence-corrected chi connectivity index (χ2v) is 7.05. The minimum Gasteiger partial charge on any atom is -0.393 e. The van der Waals surface area contributed by atoms with Gasteiger partial charge in [-0.3, -0.25) is 0 Å². The van der Waals surface area contributed by atoms with Crippen LogP contribution in [0.1, 0.15) is 65.2 Å². The lowest BCUT2D eigenvalue weighted by Crippen LogP contribution is -2.40. The molecule has 0 aromatic rings. The molecule has 0 aromatic heterocycles. The van der Waals surface area contributed by atoms with Gasteiger partial charge in [-0.15, -0.1) is 0 Å². The van der Waals surface area contributed by atoms with Crippen LogP contribution in [-0.4, -0.2) is 23.8 Å². The normalized spacial score (nSPS) is 37.9. The summed E-state index contributed by atoms with van der Waals surface area (Å²) in [4.78, 5) is 0. The van der Waals surface area contributed by atoms with Crippen LogP contribution in [0, 0.1) is 11.3 Å². The molecule has 2 N–H and O–H groups in total. The van der Waals surface area contributed by atoms with Gasteiger partial charge < -0.3 is 10.4 Å². The van der Waals surface area contributed by atoms with Crippen molar-refractivity contribution in [3.63, 3.8) is 0 Å². The average Bonchev–Trinajstić information content (AvgIpc) is 2.25. The molecule has 0 saturated heterocycles. The SMILES string of the molecule is CC1(C)CCCC(NCC2CCCC(O)C2)C1. The van der Waals surface area contributed by atoms with Crippen LogP contribution in [-0.2, 0) is 0 Å². The van der Waals surface area contributed by atoms with Crippen molar-refractivity contribution in [3.05, 3.63) is 0 Å². The highest BCUT2D eigenvalue weighted by molar-refractivity contribution is 4.84. The van der Waals surface area contributed by atoms with Gasteiger partial charge in [0.15, 0.2) is 0 Å². The van der Waals surface area contributed by atoms with Crippen LogP contribution >= 0.6 is 0 Å². The standard InChI is InChI=1S/C15H29NO/c1-15(2)8-4-6-13(10-15)16-11-12-5-3-7-14(17)9-12/h12-14,16-17H,3-11H2,1-2H3. The number of hydrogen-bond acceptors (Lipinski definition) is 2. The van der Waals surface area contributed by atoms with Crippen LogP contribution in [0.25, 0.3) is 0 Å². The van der Waals surface area contributed by atoms with E-state index >= 15 is 0 Å². The van der Waals surface area contributed by atoms with Crippen molar-refractivity contribution < 1.29 is 5.11 Å². The largest absolute Gasteiger partial charge is 0.393 e. The maximum Gasteiger partial charge on any atom is 0.0543 e. The lowest BCUT2D eigenvalue weighted by molar-refractivity contribution is 0.0969. The molecule has 2 rings (SSSR count). The van der Waals surface area contributed by atoms with Crippen molar-refractivity contribution in [3.8, 4) is 0 Å². The fraction of sp³-hybridized carbons (Fsp3) is 1.00. The van der Waals surface area contributed by atoms with E-state index in [4.69, 9.17) is 0 Å². The summed E-state index contributed by atoms with van der Waals surface area (Å²) in [7, 11) is 0. The Bertz CT molecular complexity index is 239. The van der Waals surface area contributed by atoms with Crippen molar-refractivity contribution in [2.75, 3.05) is 6.54 Å². The van der Waals surface area contributed by atoms with E-state index in [9.17, 15) is 5.11 Å². The van der Waals surface area contributed by atoms with Crippen LogP contribution in [0.15, 0.2) is 0 Å². The zero-order chi connectivity index (χ0) is 12.3. The van der Waals surface area contributed by atoms with Crippen LogP contribution in [0.5, 0.6) is 0 Å². The first-order valence-electron chi connectivity index (χ1n) is 7.47. The average molecular weight is 239 g/mol. The number of hydrogen-bond donors (Lipinski definition) is 2. The Balaban J connectivity index is 1.70. The lowest BCUT2D eigenvalue weighted by atomic mass is 9.75. The molecule has 0 aliphatic heterocycles. The van der Waals surface area contributed by atoms with Crippen molar-refractivity contribution in [2.24, 2.45) is 11.3 Å². The summed E-state index contributed by atoms with van der Waals surface area (Å²) in [6.07, 6.45) is 9.95. The number of rotatable bonds is 3. The fourth-order valence-corrected chi connectivity index (χ4v) is 3.65. The molecule has 0 amide bonds. The van der Waals surface area contributed by atoms with E-state index in [1.54, 1.807) is 0 Å². The maximum absolute atomic E-state index is 9.67. The highest BCUT2D eigenvalue weighted by Crippen LogP contribution is 2.35. The summed E-state index contributed by atoms with van der Waals surface area (Å²) in [6.45, 7) is 5.91. The zero-order valence-electron chi connectivity index (χ0n) is 11.5. The Kier molecular flexibility index (Phi) is 4.48. The third kappa shape index (κ3) is 4.26. The molecule has 2 aliphatic rings. The molecule has 2 aliphatic carbocycles. The van der Waals surface area contributed by atoms with E-state index in [1.807, 2.05) is 0 Å². The monoisotopic (exact) mass is 239 g/mol. The van der Waals surface area contributed by atoms with Crippen LogP contribution < -0.4 is 5.32 Å². The van der Waals surface area contributed by atoms with Gasteiger partial charge in [-0.25, -0.2) is 0 Å². The second-order valence-electron chi connectivity index (χ2n) is 7.05. The predicted molar refractivity (Wildman–Crippen MR) is 72.0 cm³/mol. The van der Waals surface area contributed by atoms with E-state index in [0.29, 0.717) is 11.3 Å². The quantitative estimate of drug-likeness (QED) is 0.793. The first-order chi connectivity index (χ1) is 8.05. The first-order valence-corrected chi connectivity index (χ1v) is 7.47. The summed E-state index contributed by atoms with van der Waals surface area (Å²) < 4.78 is 0. The molecule has 0 spiro atoms. The van der Waals surface area contributed by atoms with Crippen LogP contribution in [0.2, 0.25) is 0 Å². The molecule has 2 heteroatoms. The molecule has 17 heavy (non-hydrogen) atoms. The molecular formula is C15H29NO. The van der Waals surface area contributed by atoms with Crippen LogP contribution in [0.4, 0.5) is 0 Å². The van der Waals surface area contributed by atoms with Gasteiger partial charge in [-0.05, 0) is 56.4 Å². The number of aliphatic hydroxyl groups excluding tert-OH is 1. The van der Waals surface area contributed by atoms with Gasteiger partial charge in [-0.2, -0.15) is 0 Å². The summed E-state index contributed by atoms with van der Waals surface area (Å²) in [5.74, 6) is 0.712. The van der Waals surface area contributed by atoms with Crippen LogP contribution in [0.3, 0.4) is 0 Å². The van der Waals surface area contributed by atoms with Gasteiger partial charge in [0.1, 0.15) is 0 Å². The van der Waals surface area contributed by atoms with Crippen molar-refractivity contribution in [1.82, 2.24) is 5.32 Å². The van der Waals surface area contributed by atoms with Gasteiger partial charge in [0, 0.05) is 6.04 Å². The Labute approximate surface area is 106 Å². The Morgan fingerprint density at radius 2 is 2.00 bits per heavy atom. The number of nitrogens with one attached hydrogen (secondary N) is 1. The minimum atomic E-state index is -0.0293. The highest BCUT2D eigenvalue weighted by Gasteiger charge is 2.28. The predicted octanol–water partition coefficient (Wildman–Crippen LogP) is 3.10. The number of aliphatic hydroxyl groups is 1. The van der Waals surface area contributed by atoms with Gasteiger partial charge in [0.05, 0.1) is 6.10 Å². The first kappa shape index (κ1) is 13.4. The molecule has 3 atom stereocenters. The molecule has 3 unspecified atom stereocenters. The van der Waals surface area contributed by atoms with Crippen molar-refractivity contribution in [1.29, 1.82) is 0 Å². The topological polar surface area (TPSA) is 32.3 Å². The van der Waals surface area contributed by atoms with Gasteiger partial charge >= 0.3 is 0 Å². The molecule has 2 nitrogen and oxygen atoms in total. The minimum absolute atomic E-state index is 0.0293. The van der Waals surface area contributed by atoms with Crippen molar-refractivity contribution in [2.45, 2.75) is 77.4 Å². The highest BCUT2D eigenvalue weighted by atomic mass is 16.3. The molecule has 0 aromatic carbocycles. The summed E-state index contributed by atoms with van der Waals surface area (Å²) in [5, 5.41) is 13.4. The Morgan fingerprint density at radius 3 is 2.71 bits per heavy atom. The second kappa shape index (κ2) is 5.71. The van der Waals surface area contributed by atoms with E-state index in [1.165, 1.54) is 38.5 Å². The molecular weight excluding hydrogens is 210 g/mol. The van der Waals surface area contributed by atoms with E-state index < -0.39 is 0 Å². The van der Waals surface area contributed by atoms with E-state index in [0.717, 1.165) is 25.4 Å². The summed E-state index contributed by atoms with van der Waals surface area (Å²) in [6, 6.07) is 0.720. The summed E-state index contributed by atoms with van der Waals surface area (Å²) >= 11 is 0. The molecule has 100 valence electrons. The molecule has 0 heterocycles. The third-order valence-corrected chi connectivity index (χ3v) is 4.66. The Morgan fingerprint density at radius 1 is 1.18 bits per heavy atom. The zero-order valence-corrected chi connectivity index (χ0v) is 11.5. The third-order valence-electron chi connectivity index (χ3n) is 4.66. The Hall–Kier alpha value is -0.0800. The smallest absolute Gasteiger partial charge is 0.0543 e.